The lowest BCUT2D eigenvalue weighted by atomic mass is 10.1. The zero-order valence-corrected chi connectivity index (χ0v) is 9.71. The van der Waals surface area contributed by atoms with Gasteiger partial charge in [0.05, 0.1) is 11.4 Å². The number of nitriles is 1. The van der Waals surface area contributed by atoms with Crippen molar-refractivity contribution in [1.82, 2.24) is 14.9 Å². The van der Waals surface area contributed by atoms with Gasteiger partial charge in [0, 0.05) is 25.0 Å². The van der Waals surface area contributed by atoms with E-state index in [4.69, 9.17) is 11.0 Å². The van der Waals surface area contributed by atoms with Gasteiger partial charge in [-0.3, -0.25) is 9.36 Å². The number of carbonyl (C=O) groups is 1. The minimum absolute atomic E-state index is 0.213. The van der Waals surface area contributed by atoms with E-state index in [2.05, 4.69) is 10.3 Å². The van der Waals surface area contributed by atoms with E-state index in [1.54, 1.807) is 36.0 Å². The SMILES string of the molecule is CNC(=O)c1ccc(N)c(-n2ccnc2C#N)c1. The third kappa shape index (κ3) is 1.89. The molecule has 2 rings (SSSR count). The van der Waals surface area contributed by atoms with E-state index in [-0.39, 0.29) is 11.7 Å². The van der Waals surface area contributed by atoms with E-state index in [1.807, 2.05) is 6.07 Å². The molecule has 1 aromatic heterocycles. The van der Waals surface area contributed by atoms with Crippen LogP contribution in [0.3, 0.4) is 0 Å². The largest absolute Gasteiger partial charge is 0.397 e. The van der Waals surface area contributed by atoms with Gasteiger partial charge in [-0.1, -0.05) is 0 Å². The van der Waals surface area contributed by atoms with Gasteiger partial charge in [0.25, 0.3) is 5.91 Å². The third-order valence-electron chi connectivity index (χ3n) is 2.52. The predicted octanol–water partition coefficient (Wildman–Crippen LogP) is 0.686. The first-order chi connectivity index (χ1) is 8.67. The molecule has 2 aromatic rings. The van der Waals surface area contributed by atoms with Gasteiger partial charge >= 0.3 is 0 Å². The summed E-state index contributed by atoms with van der Waals surface area (Å²) >= 11 is 0. The van der Waals surface area contributed by atoms with Crippen molar-refractivity contribution >= 4 is 11.6 Å². The summed E-state index contributed by atoms with van der Waals surface area (Å²) in [6, 6.07) is 6.83. The maximum atomic E-state index is 11.6. The standard InChI is InChI=1S/C12H11N5O/c1-15-12(18)8-2-3-9(14)10(6-8)17-5-4-16-11(17)7-13/h2-6H,14H2,1H3,(H,15,18). The number of amides is 1. The minimum atomic E-state index is -0.213. The Balaban J connectivity index is 2.58. The second-order valence-electron chi connectivity index (χ2n) is 3.59. The fourth-order valence-electron chi connectivity index (χ4n) is 1.62. The molecule has 0 saturated carbocycles. The molecule has 0 atom stereocenters. The maximum absolute atomic E-state index is 11.6. The number of hydrogen-bond acceptors (Lipinski definition) is 4. The monoisotopic (exact) mass is 241 g/mol. The van der Waals surface area contributed by atoms with E-state index < -0.39 is 0 Å². The van der Waals surface area contributed by atoms with Gasteiger partial charge < -0.3 is 11.1 Å². The lowest BCUT2D eigenvalue weighted by Crippen LogP contribution is -2.18. The number of nitrogens with two attached hydrogens (primary N) is 1. The molecule has 1 amide bonds. The molecule has 3 N–H and O–H groups in total. The second-order valence-corrected chi connectivity index (χ2v) is 3.59. The van der Waals surface area contributed by atoms with Gasteiger partial charge in [0.15, 0.2) is 0 Å². The molecule has 0 fully saturated rings. The van der Waals surface area contributed by atoms with E-state index in [9.17, 15) is 4.79 Å². The van der Waals surface area contributed by atoms with Crippen LogP contribution in [0.5, 0.6) is 0 Å². The van der Waals surface area contributed by atoms with E-state index in [0.717, 1.165) is 0 Å². The van der Waals surface area contributed by atoms with Gasteiger partial charge in [0.1, 0.15) is 6.07 Å². The molecule has 0 radical (unpaired) electrons. The van der Waals surface area contributed by atoms with Crippen molar-refractivity contribution in [3.63, 3.8) is 0 Å². The number of aromatic nitrogens is 2. The van der Waals surface area contributed by atoms with Crippen LogP contribution in [-0.2, 0) is 0 Å². The van der Waals surface area contributed by atoms with E-state index in [1.165, 1.54) is 6.20 Å². The van der Waals surface area contributed by atoms with Crippen LogP contribution < -0.4 is 11.1 Å². The number of anilines is 1. The molecular weight excluding hydrogens is 230 g/mol. The summed E-state index contributed by atoms with van der Waals surface area (Å²) in [7, 11) is 1.55. The Morgan fingerprint density at radius 1 is 1.56 bits per heavy atom. The van der Waals surface area contributed by atoms with E-state index in [0.29, 0.717) is 16.9 Å². The van der Waals surface area contributed by atoms with Crippen molar-refractivity contribution in [3.05, 3.63) is 42.0 Å². The first kappa shape index (κ1) is 11.7. The van der Waals surface area contributed by atoms with Crippen molar-refractivity contribution in [2.45, 2.75) is 0 Å². The normalized spacial score (nSPS) is 9.78. The lowest BCUT2D eigenvalue weighted by molar-refractivity contribution is 0.0963. The summed E-state index contributed by atoms with van der Waals surface area (Å²) < 4.78 is 1.54. The summed E-state index contributed by atoms with van der Waals surface area (Å²) in [5, 5.41) is 11.5. The molecular formula is C12H11N5O. The molecule has 18 heavy (non-hydrogen) atoms. The summed E-state index contributed by atoms with van der Waals surface area (Å²) in [5.41, 5.74) is 7.36. The van der Waals surface area contributed by atoms with Crippen LogP contribution in [-0.4, -0.2) is 22.5 Å². The summed E-state index contributed by atoms with van der Waals surface area (Å²) in [5.74, 6) is 0.00521. The highest BCUT2D eigenvalue weighted by atomic mass is 16.1. The number of benzene rings is 1. The quantitative estimate of drug-likeness (QED) is 0.756. The Labute approximate surface area is 104 Å². The molecule has 0 spiro atoms. The van der Waals surface area contributed by atoms with Crippen molar-refractivity contribution in [3.8, 4) is 11.8 Å². The summed E-state index contributed by atoms with van der Waals surface area (Å²) in [6.45, 7) is 0. The fourth-order valence-corrected chi connectivity index (χ4v) is 1.62. The number of imidazole rings is 1. The number of rotatable bonds is 2. The van der Waals surface area contributed by atoms with Crippen LogP contribution >= 0.6 is 0 Å². The number of nitrogens with zero attached hydrogens (tertiary/aromatic N) is 3. The van der Waals surface area contributed by atoms with E-state index >= 15 is 0 Å². The number of nitrogen functional groups attached to an aromatic ring is 1. The average Bonchev–Trinajstić information content (AvgIpc) is 2.86. The predicted molar refractivity (Wildman–Crippen MR) is 66.1 cm³/mol. The van der Waals surface area contributed by atoms with Crippen molar-refractivity contribution in [2.75, 3.05) is 12.8 Å². The molecule has 90 valence electrons. The zero-order chi connectivity index (χ0) is 13.1. The maximum Gasteiger partial charge on any atom is 0.251 e. The Bertz CT molecular complexity index is 638. The second kappa shape index (κ2) is 4.59. The minimum Gasteiger partial charge on any atom is -0.397 e. The molecule has 0 aliphatic carbocycles. The first-order valence-corrected chi connectivity index (χ1v) is 5.22. The smallest absolute Gasteiger partial charge is 0.251 e. The molecule has 6 nitrogen and oxygen atoms in total. The highest BCUT2D eigenvalue weighted by Gasteiger charge is 2.11. The molecule has 0 saturated heterocycles. The lowest BCUT2D eigenvalue weighted by Gasteiger charge is -2.09. The van der Waals surface area contributed by atoms with Crippen LogP contribution in [0, 0.1) is 11.3 Å². The van der Waals surface area contributed by atoms with Gasteiger partial charge in [-0.25, -0.2) is 4.98 Å². The first-order valence-electron chi connectivity index (χ1n) is 5.22. The van der Waals surface area contributed by atoms with Crippen LogP contribution in [0.15, 0.2) is 30.6 Å². The fraction of sp³-hybridized carbons (Fsp3) is 0.0833. The van der Waals surface area contributed by atoms with Gasteiger partial charge in [0.2, 0.25) is 5.82 Å². The van der Waals surface area contributed by atoms with Crippen molar-refractivity contribution in [1.29, 1.82) is 5.26 Å². The Kier molecular flexibility index (Phi) is 2.98. The van der Waals surface area contributed by atoms with Gasteiger partial charge in [-0.15, -0.1) is 0 Å². The topological polar surface area (TPSA) is 96.7 Å². The molecule has 0 bridgehead atoms. The van der Waals surface area contributed by atoms with Crippen molar-refractivity contribution < 1.29 is 4.79 Å². The molecule has 1 aromatic carbocycles. The zero-order valence-electron chi connectivity index (χ0n) is 9.71. The Morgan fingerprint density at radius 3 is 3.00 bits per heavy atom. The number of carbonyl (C=O) groups excluding carboxylic acids is 1. The summed E-state index contributed by atoms with van der Waals surface area (Å²) in [6.07, 6.45) is 3.13. The van der Waals surface area contributed by atoms with Gasteiger partial charge in [-0.2, -0.15) is 5.26 Å². The molecule has 0 aliphatic rings. The molecule has 0 unspecified atom stereocenters. The van der Waals surface area contributed by atoms with Crippen LogP contribution in [0.1, 0.15) is 16.2 Å². The summed E-state index contributed by atoms with van der Waals surface area (Å²) in [4.78, 5) is 15.5. The van der Waals surface area contributed by atoms with Crippen LogP contribution in [0.4, 0.5) is 5.69 Å². The average molecular weight is 241 g/mol. The van der Waals surface area contributed by atoms with Gasteiger partial charge in [-0.05, 0) is 18.2 Å². The Morgan fingerprint density at radius 2 is 2.33 bits per heavy atom. The van der Waals surface area contributed by atoms with Crippen LogP contribution in [0.2, 0.25) is 0 Å². The number of hydrogen-bond donors (Lipinski definition) is 2. The highest BCUT2D eigenvalue weighted by Crippen LogP contribution is 2.20. The third-order valence-corrected chi connectivity index (χ3v) is 2.52. The molecule has 1 heterocycles. The molecule has 6 heteroatoms. The highest BCUT2D eigenvalue weighted by molar-refractivity contribution is 5.95. The van der Waals surface area contributed by atoms with Crippen LogP contribution in [0.25, 0.3) is 5.69 Å². The molecule has 0 aliphatic heterocycles. The van der Waals surface area contributed by atoms with Crippen molar-refractivity contribution in [2.24, 2.45) is 0 Å². The number of nitrogens with one attached hydrogen (secondary N) is 1. The Hall–Kier alpha value is -2.81.